The van der Waals surface area contributed by atoms with E-state index in [-0.39, 0.29) is 12.0 Å². The van der Waals surface area contributed by atoms with E-state index in [1.165, 1.54) is 28.7 Å². The first kappa shape index (κ1) is 15.5. The molecule has 0 unspecified atom stereocenters. The number of anilines is 1. The Bertz CT molecular complexity index is 636. The molecule has 1 N–H and O–H groups in total. The summed E-state index contributed by atoms with van der Waals surface area (Å²) in [6, 6.07) is 8.12. The quantitative estimate of drug-likeness (QED) is 0.848. The van der Waals surface area contributed by atoms with Crippen molar-refractivity contribution < 1.29 is 9.53 Å². The van der Waals surface area contributed by atoms with Crippen LogP contribution in [0, 0.1) is 6.92 Å². The average Bonchev–Trinajstić information content (AvgIpc) is 3.17. The van der Waals surface area contributed by atoms with Crippen LogP contribution in [-0.4, -0.2) is 28.5 Å². The van der Waals surface area contributed by atoms with Crippen molar-refractivity contribution in [3.63, 3.8) is 0 Å². The number of aryl methyl sites for hydroxylation is 1. The zero-order valence-corrected chi connectivity index (χ0v) is 13.9. The summed E-state index contributed by atoms with van der Waals surface area (Å²) in [6.45, 7) is 2.82. The summed E-state index contributed by atoms with van der Waals surface area (Å²) in [5, 5.41) is 12.3. The van der Waals surface area contributed by atoms with Crippen molar-refractivity contribution >= 4 is 34.1 Å². The molecule has 1 amide bonds. The second kappa shape index (κ2) is 7.21. The maximum Gasteiger partial charge on any atom is 0.236 e. The highest BCUT2D eigenvalue weighted by molar-refractivity contribution is 8.00. The number of aromatic nitrogens is 2. The predicted molar refractivity (Wildman–Crippen MR) is 88.4 cm³/mol. The number of hydrogen-bond donors (Lipinski definition) is 1. The molecular formula is C15H17N3O2S2. The Kier molecular flexibility index (Phi) is 5.07. The SMILES string of the molecule is Cc1ccc(SCC(=O)Nc2nnc([C@@H]3CCCO3)s2)cc1. The van der Waals surface area contributed by atoms with Gasteiger partial charge in [-0.05, 0) is 31.9 Å². The van der Waals surface area contributed by atoms with E-state index >= 15 is 0 Å². The summed E-state index contributed by atoms with van der Waals surface area (Å²) in [4.78, 5) is 13.0. The molecule has 2 heterocycles. The summed E-state index contributed by atoms with van der Waals surface area (Å²) in [5.41, 5.74) is 1.21. The number of ether oxygens (including phenoxy) is 1. The van der Waals surface area contributed by atoms with Crippen LogP contribution >= 0.6 is 23.1 Å². The van der Waals surface area contributed by atoms with Crippen molar-refractivity contribution in [2.45, 2.75) is 30.8 Å². The summed E-state index contributed by atoms with van der Waals surface area (Å²) in [7, 11) is 0. The maximum absolute atomic E-state index is 12.0. The molecule has 3 rings (SSSR count). The Balaban J connectivity index is 1.50. The third kappa shape index (κ3) is 4.06. The van der Waals surface area contributed by atoms with Crippen LogP contribution in [0.1, 0.15) is 29.5 Å². The number of nitrogens with zero attached hydrogens (tertiary/aromatic N) is 2. The van der Waals surface area contributed by atoms with Crippen LogP contribution in [0.25, 0.3) is 0 Å². The van der Waals surface area contributed by atoms with E-state index in [1.807, 2.05) is 31.2 Å². The van der Waals surface area contributed by atoms with Gasteiger partial charge in [0.15, 0.2) is 0 Å². The van der Waals surface area contributed by atoms with Crippen molar-refractivity contribution in [2.75, 3.05) is 17.7 Å². The lowest BCUT2D eigenvalue weighted by Crippen LogP contribution is -2.13. The first-order valence-electron chi connectivity index (χ1n) is 7.15. The van der Waals surface area contributed by atoms with Crippen LogP contribution in [0.2, 0.25) is 0 Å². The van der Waals surface area contributed by atoms with Crippen LogP contribution in [0.15, 0.2) is 29.2 Å². The van der Waals surface area contributed by atoms with Gasteiger partial charge in [0.1, 0.15) is 11.1 Å². The number of thioether (sulfide) groups is 1. The number of carbonyl (C=O) groups excluding carboxylic acids is 1. The van der Waals surface area contributed by atoms with E-state index in [9.17, 15) is 4.79 Å². The van der Waals surface area contributed by atoms with E-state index < -0.39 is 0 Å². The summed E-state index contributed by atoms with van der Waals surface area (Å²) >= 11 is 2.90. The van der Waals surface area contributed by atoms with Gasteiger partial charge in [-0.15, -0.1) is 22.0 Å². The third-order valence-corrected chi connectivity index (χ3v) is 5.23. The first-order valence-corrected chi connectivity index (χ1v) is 8.95. The second-order valence-corrected chi connectivity index (χ2v) is 7.15. The highest BCUT2D eigenvalue weighted by atomic mass is 32.2. The Hall–Kier alpha value is -1.44. The van der Waals surface area contributed by atoms with E-state index in [0.717, 1.165) is 29.4 Å². The average molecular weight is 335 g/mol. The molecule has 0 bridgehead atoms. The zero-order chi connectivity index (χ0) is 15.4. The van der Waals surface area contributed by atoms with Gasteiger partial charge in [-0.2, -0.15) is 0 Å². The van der Waals surface area contributed by atoms with Gasteiger partial charge in [0.05, 0.1) is 5.75 Å². The number of carbonyl (C=O) groups is 1. The minimum atomic E-state index is -0.0689. The molecule has 1 atom stereocenters. The Morgan fingerprint density at radius 1 is 1.41 bits per heavy atom. The lowest BCUT2D eigenvalue weighted by atomic mass is 10.2. The van der Waals surface area contributed by atoms with Crippen molar-refractivity contribution in [3.8, 4) is 0 Å². The fourth-order valence-corrected chi connectivity index (χ4v) is 3.67. The van der Waals surface area contributed by atoms with Crippen LogP contribution in [0.4, 0.5) is 5.13 Å². The lowest BCUT2D eigenvalue weighted by Gasteiger charge is -2.03. The Morgan fingerprint density at radius 3 is 2.95 bits per heavy atom. The maximum atomic E-state index is 12.0. The number of hydrogen-bond acceptors (Lipinski definition) is 6. The highest BCUT2D eigenvalue weighted by Gasteiger charge is 2.22. The topological polar surface area (TPSA) is 64.1 Å². The largest absolute Gasteiger partial charge is 0.371 e. The number of benzene rings is 1. The molecule has 1 saturated heterocycles. The molecule has 1 aromatic carbocycles. The molecule has 0 aliphatic carbocycles. The van der Waals surface area contributed by atoms with Crippen LogP contribution in [-0.2, 0) is 9.53 Å². The first-order chi connectivity index (χ1) is 10.7. The summed E-state index contributed by atoms with van der Waals surface area (Å²) in [5.74, 6) is 0.290. The molecule has 0 radical (unpaired) electrons. The Labute approximate surface area is 137 Å². The van der Waals surface area contributed by atoms with Gasteiger partial charge < -0.3 is 4.74 Å². The monoisotopic (exact) mass is 335 g/mol. The van der Waals surface area contributed by atoms with Gasteiger partial charge in [-0.1, -0.05) is 29.0 Å². The number of nitrogens with one attached hydrogen (secondary N) is 1. The van der Waals surface area contributed by atoms with Gasteiger partial charge in [0.25, 0.3) is 0 Å². The van der Waals surface area contributed by atoms with Gasteiger partial charge in [-0.3, -0.25) is 10.1 Å². The lowest BCUT2D eigenvalue weighted by molar-refractivity contribution is -0.113. The third-order valence-electron chi connectivity index (χ3n) is 3.28. The van der Waals surface area contributed by atoms with Crippen LogP contribution in [0.3, 0.4) is 0 Å². The van der Waals surface area contributed by atoms with Gasteiger partial charge in [0, 0.05) is 11.5 Å². The van der Waals surface area contributed by atoms with Gasteiger partial charge in [0.2, 0.25) is 11.0 Å². The van der Waals surface area contributed by atoms with Crippen LogP contribution in [0.5, 0.6) is 0 Å². The molecule has 1 aromatic heterocycles. The van der Waals surface area contributed by atoms with E-state index in [0.29, 0.717) is 10.9 Å². The number of rotatable bonds is 5. The summed E-state index contributed by atoms with van der Waals surface area (Å²) in [6.07, 6.45) is 2.08. The van der Waals surface area contributed by atoms with E-state index in [1.54, 1.807) is 0 Å². The van der Waals surface area contributed by atoms with E-state index in [4.69, 9.17) is 4.74 Å². The van der Waals surface area contributed by atoms with Gasteiger partial charge in [-0.25, -0.2) is 0 Å². The normalized spacial score (nSPS) is 17.6. The molecule has 2 aromatic rings. The molecule has 1 aliphatic rings. The van der Waals surface area contributed by atoms with Crippen molar-refractivity contribution in [1.82, 2.24) is 10.2 Å². The molecule has 7 heteroatoms. The molecule has 22 heavy (non-hydrogen) atoms. The summed E-state index contributed by atoms with van der Waals surface area (Å²) < 4.78 is 5.56. The van der Waals surface area contributed by atoms with Crippen molar-refractivity contribution in [3.05, 3.63) is 34.8 Å². The van der Waals surface area contributed by atoms with E-state index in [2.05, 4.69) is 15.5 Å². The van der Waals surface area contributed by atoms with Crippen molar-refractivity contribution in [2.24, 2.45) is 0 Å². The predicted octanol–water partition coefficient (Wildman–Crippen LogP) is 3.43. The molecule has 1 aliphatic heterocycles. The second-order valence-electron chi connectivity index (χ2n) is 5.10. The fraction of sp³-hybridized carbons (Fsp3) is 0.400. The standard InChI is InChI=1S/C15H17N3O2S2/c1-10-4-6-11(7-5-10)21-9-13(19)16-15-18-17-14(22-15)12-3-2-8-20-12/h4-7,12H,2-3,8-9H2,1H3,(H,16,18,19)/t12-/m0/s1. The number of amides is 1. The molecule has 1 fully saturated rings. The van der Waals surface area contributed by atoms with Crippen molar-refractivity contribution in [1.29, 1.82) is 0 Å². The minimum absolute atomic E-state index is 0.0464. The Morgan fingerprint density at radius 2 is 2.23 bits per heavy atom. The molecule has 0 spiro atoms. The zero-order valence-electron chi connectivity index (χ0n) is 12.2. The highest BCUT2D eigenvalue weighted by Crippen LogP contribution is 2.31. The van der Waals surface area contributed by atoms with Gasteiger partial charge >= 0.3 is 0 Å². The molecule has 0 saturated carbocycles. The molecular weight excluding hydrogens is 318 g/mol. The minimum Gasteiger partial charge on any atom is -0.371 e. The molecule has 5 nitrogen and oxygen atoms in total. The fourth-order valence-electron chi connectivity index (χ4n) is 2.13. The smallest absolute Gasteiger partial charge is 0.236 e. The molecule has 116 valence electrons. The van der Waals surface area contributed by atoms with Crippen LogP contribution < -0.4 is 5.32 Å².